The lowest BCUT2D eigenvalue weighted by molar-refractivity contribution is 0.0990. The highest BCUT2D eigenvalue weighted by molar-refractivity contribution is 7.92. The van der Waals surface area contributed by atoms with Crippen molar-refractivity contribution < 1.29 is 17.9 Å². The number of carbonyl (C=O) groups excluding carboxylic acids is 1. The number of sulfone groups is 1. The van der Waals surface area contributed by atoms with Crippen LogP contribution in [0.3, 0.4) is 0 Å². The second kappa shape index (κ2) is 5.48. The molecule has 1 atom stereocenters. The lowest BCUT2D eigenvalue weighted by atomic mass is 10.1. The van der Waals surface area contributed by atoms with Crippen LogP contribution >= 0.6 is 0 Å². The fourth-order valence-electron chi connectivity index (χ4n) is 1.32. The van der Waals surface area contributed by atoms with Crippen LogP contribution in [0.1, 0.15) is 31.1 Å². The Labute approximate surface area is 107 Å². The quantitative estimate of drug-likeness (QED) is 0.758. The molecule has 0 bridgehead atoms. The summed E-state index contributed by atoms with van der Waals surface area (Å²) in [5, 5.41) is -1.08. The van der Waals surface area contributed by atoms with E-state index in [1.807, 2.05) is 13.8 Å². The molecule has 1 rings (SSSR count). The molecule has 6 heteroatoms. The van der Waals surface area contributed by atoms with Crippen molar-refractivity contribution in [3.8, 4) is 5.75 Å². The summed E-state index contributed by atoms with van der Waals surface area (Å²) in [5.74, 6) is -0.0178. The summed E-state index contributed by atoms with van der Waals surface area (Å²) in [5.41, 5.74) is 0.242. The summed E-state index contributed by atoms with van der Waals surface area (Å²) in [6.07, 6.45) is 3.83. The first-order valence-corrected chi connectivity index (χ1v) is 7.52. The normalized spacial score (nSPS) is 13.4. The Balaban J connectivity index is 3.00. The molecule has 18 heavy (non-hydrogen) atoms. The molecule has 1 aromatic heterocycles. The maximum Gasteiger partial charge on any atom is 0.182 e. The van der Waals surface area contributed by atoms with Gasteiger partial charge in [-0.05, 0) is 26.8 Å². The first-order valence-electron chi connectivity index (χ1n) is 5.56. The summed E-state index contributed by atoms with van der Waals surface area (Å²) in [6, 6.07) is 1.51. The van der Waals surface area contributed by atoms with Gasteiger partial charge in [-0.15, -0.1) is 0 Å². The van der Waals surface area contributed by atoms with Crippen LogP contribution in [0.2, 0.25) is 0 Å². The minimum Gasteiger partial charge on any atom is -0.489 e. The average Bonchev–Trinajstić information content (AvgIpc) is 2.25. The Morgan fingerprint density at radius 1 is 1.28 bits per heavy atom. The third-order valence-corrected chi connectivity index (χ3v) is 3.88. The number of rotatable bonds is 5. The van der Waals surface area contributed by atoms with Crippen molar-refractivity contribution in [2.24, 2.45) is 0 Å². The van der Waals surface area contributed by atoms with E-state index in [-0.39, 0.29) is 11.7 Å². The van der Waals surface area contributed by atoms with Crippen molar-refractivity contribution in [2.45, 2.75) is 32.1 Å². The minimum absolute atomic E-state index is 0.0375. The van der Waals surface area contributed by atoms with E-state index >= 15 is 0 Å². The summed E-state index contributed by atoms with van der Waals surface area (Å²) >= 11 is 0. The van der Waals surface area contributed by atoms with Gasteiger partial charge in [0.15, 0.2) is 15.6 Å². The van der Waals surface area contributed by atoms with Crippen molar-refractivity contribution in [2.75, 3.05) is 6.26 Å². The van der Waals surface area contributed by atoms with E-state index < -0.39 is 20.9 Å². The number of ketones is 1. The molecule has 0 aliphatic heterocycles. The lowest BCUT2D eigenvalue weighted by Gasteiger charge is -2.11. The van der Waals surface area contributed by atoms with E-state index in [4.69, 9.17) is 4.74 Å². The topological polar surface area (TPSA) is 73.3 Å². The molecule has 5 nitrogen and oxygen atoms in total. The molecule has 0 N–H and O–H groups in total. The molecule has 0 aromatic carbocycles. The maximum absolute atomic E-state index is 12.0. The van der Waals surface area contributed by atoms with E-state index in [0.717, 1.165) is 6.26 Å². The van der Waals surface area contributed by atoms with Gasteiger partial charge in [0.1, 0.15) is 11.0 Å². The van der Waals surface area contributed by atoms with Crippen LogP contribution in [0.25, 0.3) is 0 Å². The predicted octanol–water partition coefficient (Wildman–Crippen LogP) is 1.48. The fourth-order valence-corrected chi connectivity index (χ4v) is 1.84. The van der Waals surface area contributed by atoms with E-state index in [2.05, 4.69) is 4.98 Å². The molecule has 0 amide bonds. The van der Waals surface area contributed by atoms with Gasteiger partial charge in [0.25, 0.3) is 0 Å². The Morgan fingerprint density at radius 3 is 2.39 bits per heavy atom. The molecule has 1 unspecified atom stereocenters. The minimum atomic E-state index is -3.40. The second-order valence-electron chi connectivity index (χ2n) is 4.41. The van der Waals surface area contributed by atoms with Crippen LogP contribution < -0.4 is 4.74 Å². The highest BCUT2D eigenvalue weighted by Crippen LogP contribution is 2.16. The third-order valence-electron chi connectivity index (χ3n) is 2.38. The molecular formula is C12H17NO4S. The van der Waals surface area contributed by atoms with Crippen LogP contribution in [0.5, 0.6) is 5.75 Å². The van der Waals surface area contributed by atoms with Gasteiger partial charge in [-0.1, -0.05) is 0 Å². The summed E-state index contributed by atoms with van der Waals surface area (Å²) < 4.78 is 28.1. The highest BCUT2D eigenvalue weighted by atomic mass is 32.2. The standard InChI is InChI=1S/C12H17NO4S/c1-8(2)17-11-5-10(6-13-7-11)12(14)9(3)18(4,15)16/h5-9H,1-4H3. The van der Waals surface area contributed by atoms with Gasteiger partial charge in [0, 0.05) is 18.0 Å². The highest BCUT2D eigenvalue weighted by Gasteiger charge is 2.25. The molecule has 0 saturated heterocycles. The van der Waals surface area contributed by atoms with Crippen LogP contribution in [0.4, 0.5) is 0 Å². The molecule has 0 radical (unpaired) electrons. The molecule has 1 aromatic rings. The van der Waals surface area contributed by atoms with E-state index in [1.165, 1.54) is 25.4 Å². The maximum atomic E-state index is 12.0. The Kier molecular flexibility index (Phi) is 4.45. The van der Waals surface area contributed by atoms with Gasteiger partial charge < -0.3 is 4.74 Å². The zero-order valence-corrected chi connectivity index (χ0v) is 11.7. The summed E-state index contributed by atoms with van der Waals surface area (Å²) in [4.78, 5) is 15.8. The molecule has 0 spiro atoms. The monoisotopic (exact) mass is 271 g/mol. The number of ether oxygens (including phenoxy) is 1. The van der Waals surface area contributed by atoms with Crippen molar-refractivity contribution in [1.29, 1.82) is 0 Å². The zero-order chi connectivity index (χ0) is 13.9. The SMILES string of the molecule is CC(C)Oc1cncc(C(=O)C(C)S(C)(=O)=O)c1. The second-order valence-corrected chi connectivity index (χ2v) is 6.78. The first kappa shape index (κ1) is 14.6. The van der Waals surface area contributed by atoms with Crippen molar-refractivity contribution in [1.82, 2.24) is 4.98 Å². The zero-order valence-electron chi connectivity index (χ0n) is 10.9. The van der Waals surface area contributed by atoms with Crippen LogP contribution in [0, 0.1) is 0 Å². The fraction of sp³-hybridized carbons (Fsp3) is 0.500. The first-order chi connectivity index (χ1) is 8.21. The number of carbonyl (C=O) groups is 1. The number of nitrogens with zero attached hydrogens (tertiary/aromatic N) is 1. The smallest absolute Gasteiger partial charge is 0.182 e. The van der Waals surface area contributed by atoms with Crippen LogP contribution in [-0.4, -0.2) is 36.8 Å². The molecule has 100 valence electrons. The van der Waals surface area contributed by atoms with Gasteiger partial charge in [0.2, 0.25) is 0 Å². The van der Waals surface area contributed by atoms with Gasteiger partial charge in [-0.25, -0.2) is 8.42 Å². The number of Topliss-reactive ketones (excluding diaryl/α,β-unsaturated/α-hetero) is 1. The Bertz CT molecular complexity index is 537. The van der Waals surface area contributed by atoms with Gasteiger partial charge in [-0.2, -0.15) is 0 Å². The molecule has 0 aliphatic rings. The molecule has 0 fully saturated rings. The molecule has 0 aliphatic carbocycles. The lowest BCUT2D eigenvalue weighted by Crippen LogP contribution is -2.26. The Morgan fingerprint density at radius 2 is 1.89 bits per heavy atom. The van der Waals surface area contributed by atoms with E-state index in [1.54, 1.807) is 0 Å². The number of hydrogen-bond donors (Lipinski definition) is 0. The van der Waals surface area contributed by atoms with Crippen molar-refractivity contribution >= 4 is 15.6 Å². The van der Waals surface area contributed by atoms with Crippen molar-refractivity contribution in [3.05, 3.63) is 24.0 Å². The van der Waals surface area contributed by atoms with Gasteiger partial charge >= 0.3 is 0 Å². The summed E-state index contributed by atoms with van der Waals surface area (Å²) in [7, 11) is -3.40. The number of aromatic nitrogens is 1. The number of hydrogen-bond acceptors (Lipinski definition) is 5. The number of pyridine rings is 1. The molecule has 1 heterocycles. The third kappa shape index (κ3) is 3.80. The van der Waals surface area contributed by atoms with Gasteiger partial charge in [0.05, 0.1) is 12.3 Å². The Hall–Kier alpha value is -1.43. The molecule has 0 saturated carbocycles. The van der Waals surface area contributed by atoms with Crippen molar-refractivity contribution in [3.63, 3.8) is 0 Å². The van der Waals surface area contributed by atoms with Gasteiger partial charge in [-0.3, -0.25) is 9.78 Å². The largest absolute Gasteiger partial charge is 0.489 e. The molecular weight excluding hydrogens is 254 g/mol. The average molecular weight is 271 g/mol. The van der Waals surface area contributed by atoms with E-state index in [9.17, 15) is 13.2 Å². The van der Waals surface area contributed by atoms with E-state index in [0.29, 0.717) is 5.75 Å². The summed E-state index contributed by atoms with van der Waals surface area (Å²) in [6.45, 7) is 5.08. The van der Waals surface area contributed by atoms with Crippen LogP contribution in [-0.2, 0) is 9.84 Å². The predicted molar refractivity (Wildman–Crippen MR) is 68.6 cm³/mol. The van der Waals surface area contributed by atoms with Crippen LogP contribution in [0.15, 0.2) is 18.5 Å².